The Bertz CT molecular complexity index is 482. The average molecular weight is 309 g/mol. The molecule has 0 saturated carbocycles. The van der Waals surface area contributed by atoms with Gasteiger partial charge in [-0.1, -0.05) is 13.3 Å². The minimum atomic E-state index is -1.13. The number of hydrogen-bond donors (Lipinski definition) is 2. The van der Waals surface area contributed by atoms with Crippen LogP contribution in [-0.2, 0) is 4.79 Å². The standard InChI is InChI=1S/C13H18F2N2O2.ClH/c1-4-5-13(2,16)12(18)17-10-6-9(15)11(19-3)7-8(10)14;/h6-7H,4-5,16H2,1-3H3,(H,17,18);1H. The SMILES string of the molecule is CCCC(C)(N)C(=O)Nc1cc(F)c(OC)cc1F.Cl. The van der Waals surface area contributed by atoms with E-state index in [-0.39, 0.29) is 23.8 Å². The number of methoxy groups -OCH3 is 1. The first-order valence-corrected chi connectivity index (χ1v) is 5.95. The molecule has 1 amide bonds. The van der Waals surface area contributed by atoms with Crippen molar-refractivity contribution in [1.82, 2.24) is 0 Å². The zero-order valence-corrected chi connectivity index (χ0v) is 12.4. The fraction of sp³-hybridized carbons (Fsp3) is 0.462. The van der Waals surface area contributed by atoms with Gasteiger partial charge in [0.2, 0.25) is 5.91 Å². The highest BCUT2D eigenvalue weighted by molar-refractivity contribution is 5.97. The summed E-state index contributed by atoms with van der Waals surface area (Å²) in [6, 6.07) is 1.74. The summed E-state index contributed by atoms with van der Waals surface area (Å²) in [6.45, 7) is 3.43. The highest BCUT2D eigenvalue weighted by Gasteiger charge is 2.28. The summed E-state index contributed by atoms with van der Waals surface area (Å²) in [5.41, 5.74) is 4.43. The van der Waals surface area contributed by atoms with E-state index in [4.69, 9.17) is 5.73 Å². The highest BCUT2D eigenvalue weighted by Crippen LogP contribution is 2.25. The van der Waals surface area contributed by atoms with Gasteiger partial charge in [0.05, 0.1) is 18.3 Å². The van der Waals surface area contributed by atoms with E-state index in [0.717, 1.165) is 12.1 Å². The van der Waals surface area contributed by atoms with E-state index in [9.17, 15) is 13.6 Å². The summed E-state index contributed by atoms with van der Waals surface area (Å²) in [5.74, 6) is -2.32. The second-order valence-corrected chi connectivity index (χ2v) is 4.59. The van der Waals surface area contributed by atoms with Gasteiger partial charge < -0.3 is 15.8 Å². The van der Waals surface area contributed by atoms with Crippen LogP contribution < -0.4 is 15.8 Å². The molecular weight excluding hydrogens is 290 g/mol. The molecule has 1 aromatic carbocycles. The van der Waals surface area contributed by atoms with Gasteiger partial charge in [0.25, 0.3) is 0 Å². The third kappa shape index (κ3) is 4.31. The molecule has 7 heteroatoms. The second kappa shape index (κ2) is 7.40. The Balaban J connectivity index is 0.00000361. The molecule has 0 aliphatic rings. The number of carbonyl (C=O) groups is 1. The summed E-state index contributed by atoms with van der Waals surface area (Å²) in [6.07, 6.45) is 1.15. The minimum Gasteiger partial charge on any atom is -0.494 e. The summed E-state index contributed by atoms with van der Waals surface area (Å²) >= 11 is 0. The Hall–Kier alpha value is -1.40. The van der Waals surface area contributed by atoms with Crippen LogP contribution in [0.15, 0.2) is 12.1 Å². The Labute approximate surface area is 123 Å². The van der Waals surface area contributed by atoms with E-state index >= 15 is 0 Å². The Morgan fingerprint density at radius 2 is 2.00 bits per heavy atom. The number of ether oxygens (including phenoxy) is 1. The molecule has 1 atom stereocenters. The highest BCUT2D eigenvalue weighted by atomic mass is 35.5. The largest absolute Gasteiger partial charge is 0.494 e. The number of amides is 1. The predicted octanol–water partition coefficient (Wildman–Crippen LogP) is 2.85. The number of nitrogens with one attached hydrogen (secondary N) is 1. The molecule has 4 nitrogen and oxygen atoms in total. The van der Waals surface area contributed by atoms with Crippen LogP contribution >= 0.6 is 12.4 Å². The summed E-state index contributed by atoms with van der Waals surface area (Å²) < 4.78 is 31.7. The number of nitrogens with two attached hydrogens (primary N) is 1. The van der Waals surface area contributed by atoms with Crippen LogP contribution in [0.25, 0.3) is 0 Å². The molecule has 0 fully saturated rings. The van der Waals surface area contributed by atoms with Gasteiger partial charge in [0.1, 0.15) is 0 Å². The molecule has 114 valence electrons. The maximum Gasteiger partial charge on any atom is 0.244 e. The van der Waals surface area contributed by atoms with Crippen LogP contribution in [0.4, 0.5) is 14.5 Å². The van der Waals surface area contributed by atoms with Crippen LogP contribution in [0.1, 0.15) is 26.7 Å². The zero-order valence-electron chi connectivity index (χ0n) is 11.6. The van der Waals surface area contributed by atoms with Crippen molar-refractivity contribution < 1.29 is 18.3 Å². The predicted molar refractivity (Wildman–Crippen MR) is 76.3 cm³/mol. The Kier molecular flexibility index (Phi) is 6.88. The van der Waals surface area contributed by atoms with Gasteiger partial charge >= 0.3 is 0 Å². The Morgan fingerprint density at radius 1 is 1.40 bits per heavy atom. The molecule has 0 aliphatic heterocycles. The van der Waals surface area contributed by atoms with E-state index in [1.54, 1.807) is 6.92 Å². The van der Waals surface area contributed by atoms with Crippen molar-refractivity contribution in [2.24, 2.45) is 5.73 Å². The lowest BCUT2D eigenvalue weighted by atomic mass is 9.96. The number of anilines is 1. The van der Waals surface area contributed by atoms with Gasteiger partial charge in [-0.2, -0.15) is 0 Å². The molecule has 0 aromatic heterocycles. The molecule has 0 bridgehead atoms. The van der Waals surface area contributed by atoms with Gasteiger partial charge in [0, 0.05) is 12.1 Å². The second-order valence-electron chi connectivity index (χ2n) is 4.59. The lowest BCUT2D eigenvalue weighted by Crippen LogP contribution is -2.48. The number of benzene rings is 1. The smallest absolute Gasteiger partial charge is 0.244 e. The van der Waals surface area contributed by atoms with Crippen molar-refractivity contribution in [3.63, 3.8) is 0 Å². The van der Waals surface area contributed by atoms with Crippen LogP contribution in [0, 0.1) is 11.6 Å². The summed E-state index contributed by atoms with van der Waals surface area (Å²) in [4.78, 5) is 11.9. The van der Waals surface area contributed by atoms with Crippen LogP contribution in [-0.4, -0.2) is 18.6 Å². The van der Waals surface area contributed by atoms with E-state index in [2.05, 4.69) is 10.1 Å². The molecule has 0 saturated heterocycles. The van der Waals surface area contributed by atoms with Crippen molar-refractivity contribution >= 4 is 24.0 Å². The van der Waals surface area contributed by atoms with Crippen LogP contribution in [0.3, 0.4) is 0 Å². The molecule has 20 heavy (non-hydrogen) atoms. The van der Waals surface area contributed by atoms with E-state index in [0.29, 0.717) is 12.8 Å². The van der Waals surface area contributed by atoms with Gasteiger partial charge in [-0.15, -0.1) is 12.4 Å². The van der Waals surface area contributed by atoms with Crippen molar-refractivity contribution in [1.29, 1.82) is 0 Å². The first kappa shape index (κ1) is 18.6. The fourth-order valence-electron chi connectivity index (χ4n) is 1.68. The number of rotatable bonds is 5. The van der Waals surface area contributed by atoms with Gasteiger partial charge in [-0.05, 0) is 13.3 Å². The minimum absolute atomic E-state index is 0. The molecule has 0 spiro atoms. The van der Waals surface area contributed by atoms with Crippen molar-refractivity contribution in [3.8, 4) is 5.75 Å². The molecule has 1 aromatic rings. The summed E-state index contributed by atoms with van der Waals surface area (Å²) in [7, 11) is 1.23. The van der Waals surface area contributed by atoms with Gasteiger partial charge in [-0.3, -0.25) is 4.79 Å². The first-order chi connectivity index (χ1) is 8.81. The fourth-order valence-corrected chi connectivity index (χ4v) is 1.68. The van der Waals surface area contributed by atoms with E-state index in [1.807, 2.05) is 6.92 Å². The van der Waals surface area contributed by atoms with E-state index in [1.165, 1.54) is 7.11 Å². The van der Waals surface area contributed by atoms with Gasteiger partial charge in [0.15, 0.2) is 17.4 Å². The number of hydrogen-bond acceptors (Lipinski definition) is 3. The third-order valence-corrected chi connectivity index (χ3v) is 2.78. The molecule has 1 rings (SSSR count). The van der Waals surface area contributed by atoms with Crippen LogP contribution in [0.2, 0.25) is 0 Å². The lowest BCUT2D eigenvalue weighted by molar-refractivity contribution is -0.120. The van der Waals surface area contributed by atoms with E-state index < -0.39 is 23.1 Å². The topological polar surface area (TPSA) is 64.4 Å². The normalized spacial score (nSPS) is 13.1. The third-order valence-electron chi connectivity index (χ3n) is 2.78. The maximum atomic E-state index is 13.6. The van der Waals surface area contributed by atoms with Gasteiger partial charge in [-0.25, -0.2) is 8.78 Å². The Morgan fingerprint density at radius 3 is 2.50 bits per heavy atom. The average Bonchev–Trinajstić information content (AvgIpc) is 2.33. The summed E-state index contributed by atoms with van der Waals surface area (Å²) in [5, 5.41) is 2.29. The molecule has 1 unspecified atom stereocenters. The molecular formula is C13H19ClF2N2O2. The molecule has 0 heterocycles. The zero-order chi connectivity index (χ0) is 14.6. The number of halogens is 3. The van der Waals surface area contributed by atoms with Crippen molar-refractivity contribution in [2.75, 3.05) is 12.4 Å². The molecule has 3 N–H and O–H groups in total. The van der Waals surface area contributed by atoms with Crippen LogP contribution in [0.5, 0.6) is 5.75 Å². The first-order valence-electron chi connectivity index (χ1n) is 5.95. The quantitative estimate of drug-likeness (QED) is 0.879. The monoisotopic (exact) mass is 308 g/mol. The molecule has 0 aliphatic carbocycles. The lowest BCUT2D eigenvalue weighted by Gasteiger charge is -2.23. The van der Waals surface area contributed by atoms with Crippen molar-refractivity contribution in [3.05, 3.63) is 23.8 Å². The number of carbonyl (C=O) groups excluding carboxylic acids is 1. The molecule has 0 radical (unpaired) electrons. The maximum absolute atomic E-state index is 13.6. The van der Waals surface area contributed by atoms with Crippen molar-refractivity contribution in [2.45, 2.75) is 32.2 Å².